The number of rotatable bonds is 17. The van der Waals surface area contributed by atoms with Crippen LogP contribution < -0.4 is 4.74 Å². The Morgan fingerprint density at radius 3 is 2.18 bits per heavy atom. The zero-order valence-electron chi connectivity index (χ0n) is 18.0. The van der Waals surface area contributed by atoms with Gasteiger partial charge in [0.15, 0.2) is 11.5 Å². The molecule has 0 fully saturated rings. The van der Waals surface area contributed by atoms with Gasteiger partial charge in [0.1, 0.15) is 0 Å². The Labute approximate surface area is 171 Å². The van der Waals surface area contributed by atoms with Crippen molar-refractivity contribution in [2.24, 2.45) is 0 Å². The first-order valence-corrected chi connectivity index (χ1v) is 11.4. The molecule has 1 aromatic carbocycles. The van der Waals surface area contributed by atoms with Gasteiger partial charge < -0.3 is 20.1 Å². The number of aliphatic hydroxyl groups excluding tert-OH is 2. The molecule has 2 atom stereocenters. The second-order valence-corrected chi connectivity index (χ2v) is 8.00. The van der Waals surface area contributed by atoms with Crippen molar-refractivity contribution in [3.8, 4) is 11.5 Å². The minimum atomic E-state index is -0.502. The fourth-order valence-electron chi connectivity index (χ4n) is 3.38. The van der Waals surface area contributed by atoms with Gasteiger partial charge in [-0.05, 0) is 49.8 Å². The average molecular weight is 395 g/mol. The van der Waals surface area contributed by atoms with Gasteiger partial charge in [0, 0.05) is 0 Å². The maximum absolute atomic E-state index is 10.2. The second-order valence-electron chi connectivity index (χ2n) is 8.00. The van der Waals surface area contributed by atoms with Crippen LogP contribution in [0.2, 0.25) is 0 Å². The van der Waals surface area contributed by atoms with Crippen molar-refractivity contribution in [3.05, 3.63) is 23.8 Å². The van der Waals surface area contributed by atoms with Crippen LogP contribution in [0, 0.1) is 0 Å². The zero-order chi connectivity index (χ0) is 20.6. The fraction of sp³-hybridized carbons (Fsp3) is 0.750. The van der Waals surface area contributed by atoms with Crippen molar-refractivity contribution in [1.29, 1.82) is 0 Å². The van der Waals surface area contributed by atoms with Crippen molar-refractivity contribution in [3.63, 3.8) is 0 Å². The maximum atomic E-state index is 10.2. The van der Waals surface area contributed by atoms with E-state index < -0.39 is 12.2 Å². The molecule has 0 aliphatic rings. The number of aromatic hydroxyl groups is 1. The largest absolute Gasteiger partial charge is 0.504 e. The minimum Gasteiger partial charge on any atom is -0.504 e. The number of hydrogen-bond acceptors (Lipinski definition) is 4. The van der Waals surface area contributed by atoms with E-state index in [0.29, 0.717) is 31.6 Å². The summed E-state index contributed by atoms with van der Waals surface area (Å²) in [5.74, 6) is 0.671. The molecule has 0 bridgehead atoms. The molecule has 1 aromatic rings. The number of aryl methyl sites for hydroxylation is 1. The predicted molar refractivity (Wildman–Crippen MR) is 116 cm³/mol. The van der Waals surface area contributed by atoms with E-state index in [4.69, 9.17) is 4.74 Å². The highest BCUT2D eigenvalue weighted by Crippen LogP contribution is 2.28. The summed E-state index contributed by atoms with van der Waals surface area (Å²) >= 11 is 0. The topological polar surface area (TPSA) is 69.9 Å². The first-order chi connectivity index (χ1) is 13.6. The normalized spacial score (nSPS) is 13.4. The summed E-state index contributed by atoms with van der Waals surface area (Å²) in [5.41, 5.74) is 1.03. The molecule has 0 aliphatic heterocycles. The molecular weight excluding hydrogens is 352 g/mol. The standard InChI is InChI=1S/C24H42O4/c1-3-5-7-8-9-10-11-12-21(25)19-22(26)15-13-20-14-16-23(27)24(18-20)28-17-6-4-2/h14,16,18,21-22,25-27H,3-13,15,17,19H2,1-2H3. The molecule has 0 radical (unpaired) electrons. The summed E-state index contributed by atoms with van der Waals surface area (Å²) < 4.78 is 5.62. The lowest BCUT2D eigenvalue weighted by molar-refractivity contribution is 0.0697. The monoisotopic (exact) mass is 394 g/mol. The van der Waals surface area contributed by atoms with Gasteiger partial charge in [-0.25, -0.2) is 0 Å². The van der Waals surface area contributed by atoms with E-state index >= 15 is 0 Å². The summed E-state index contributed by atoms with van der Waals surface area (Å²) in [4.78, 5) is 0. The summed E-state index contributed by atoms with van der Waals surface area (Å²) in [6, 6.07) is 5.37. The molecule has 4 nitrogen and oxygen atoms in total. The molecule has 28 heavy (non-hydrogen) atoms. The highest BCUT2D eigenvalue weighted by Gasteiger charge is 2.13. The highest BCUT2D eigenvalue weighted by atomic mass is 16.5. The lowest BCUT2D eigenvalue weighted by Crippen LogP contribution is -2.18. The number of benzene rings is 1. The lowest BCUT2D eigenvalue weighted by atomic mass is 9.99. The Morgan fingerprint density at radius 1 is 0.821 bits per heavy atom. The van der Waals surface area contributed by atoms with Crippen LogP contribution in [0.1, 0.15) is 96.5 Å². The van der Waals surface area contributed by atoms with Gasteiger partial charge in [0.25, 0.3) is 0 Å². The van der Waals surface area contributed by atoms with Crippen LogP contribution in [0.4, 0.5) is 0 Å². The van der Waals surface area contributed by atoms with Gasteiger partial charge in [-0.1, -0.05) is 71.3 Å². The van der Waals surface area contributed by atoms with Gasteiger partial charge >= 0.3 is 0 Å². The molecule has 0 aliphatic carbocycles. The van der Waals surface area contributed by atoms with Crippen LogP contribution >= 0.6 is 0 Å². The Kier molecular flexibility index (Phi) is 13.8. The molecule has 0 saturated carbocycles. The van der Waals surface area contributed by atoms with E-state index in [9.17, 15) is 15.3 Å². The maximum Gasteiger partial charge on any atom is 0.161 e. The number of aliphatic hydroxyl groups is 2. The molecule has 1 rings (SSSR count). The van der Waals surface area contributed by atoms with Crippen LogP contribution in [-0.2, 0) is 6.42 Å². The number of phenolic OH excluding ortho intramolecular Hbond substituents is 1. The van der Waals surface area contributed by atoms with Crippen LogP contribution in [0.3, 0.4) is 0 Å². The Hall–Kier alpha value is -1.26. The van der Waals surface area contributed by atoms with E-state index in [2.05, 4.69) is 13.8 Å². The number of ether oxygens (including phenoxy) is 1. The number of hydrogen-bond donors (Lipinski definition) is 3. The van der Waals surface area contributed by atoms with Crippen molar-refractivity contribution >= 4 is 0 Å². The van der Waals surface area contributed by atoms with Gasteiger partial charge in [-0.3, -0.25) is 0 Å². The number of phenols is 1. The first-order valence-electron chi connectivity index (χ1n) is 11.4. The van der Waals surface area contributed by atoms with Crippen LogP contribution in [-0.4, -0.2) is 34.1 Å². The third-order valence-electron chi connectivity index (χ3n) is 5.23. The number of unbranched alkanes of at least 4 members (excludes halogenated alkanes) is 7. The van der Waals surface area contributed by atoms with Crippen molar-refractivity contribution in [2.75, 3.05) is 6.61 Å². The van der Waals surface area contributed by atoms with Gasteiger partial charge in [0.2, 0.25) is 0 Å². The third kappa shape index (κ3) is 11.6. The predicted octanol–water partition coefficient (Wildman–Crippen LogP) is 5.76. The van der Waals surface area contributed by atoms with E-state index in [1.807, 2.05) is 12.1 Å². The molecule has 162 valence electrons. The second kappa shape index (κ2) is 15.6. The van der Waals surface area contributed by atoms with Crippen LogP contribution in [0.15, 0.2) is 18.2 Å². The molecule has 0 spiro atoms. The summed E-state index contributed by atoms with van der Waals surface area (Å²) in [6.07, 6.45) is 12.3. The Balaban J connectivity index is 2.22. The molecule has 4 heteroatoms. The molecular formula is C24H42O4. The van der Waals surface area contributed by atoms with Gasteiger partial charge in [0.05, 0.1) is 18.8 Å². The van der Waals surface area contributed by atoms with Crippen LogP contribution in [0.5, 0.6) is 11.5 Å². The molecule has 0 heterocycles. The van der Waals surface area contributed by atoms with E-state index in [1.54, 1.807) is 6.07 Å². The lowest BCUT2D eigenvalue weighted by Gasteiger charge is -2.16. The Morgan fingerprint density at radius 2 is 1.46 bits per heavy atom. The molecule has 3 N–H and O–H groups in total. The average Bonchev–Trinajstić information content (AvgIpc) is 2.67. The van der Waals surface area contributed by atoms with Crippen molar-refractivity contribution < 1.29 is 20.1 Å². The fourth-order valence-corrected chi connectivity index (χ4v) is 3.38. The molecule has 0 aromatic heterocycles. The van der Waals surface area contributed by atoms with Crippen LogP contribution in [0.25, 0.3) is 0 Å². The highest BCUT2D eigenvalue weighted by molar-refractivity contribution is 5.41. The first kappa shape index (κ1) is 24.8. The summed E-state index contributed by atoms with van der Waals surface area (Å²) in [5, 5.41) is 30.3. The molecule has 0 amide bonds. The Bertz CT molecular complexity index is 503. The third-order valence-corrected chi connectivity index (χ3v) is 5.23. The van der Waals surface area contributed by atoms with Gasteiger partial charge in [-0.2, -0.15) is 0 Å². The molecule has 2 unspecified atom stereocenters. The van der Waals surface area contributed by atoms with E-state index in [0.717, 1.165) is 31.2 Å². The molecule has 0 saturated heterocycles. The van der Waals surface area contributed by atoms with Crippen molar-refractivity contribution in [1.82, 2.24) is 0 Å². The van der Waals surface area contributed by atoms with E-state index in [1.165, 1.54) is 38.5 Å². The SMILES string of the molecule is CCCCCCCCCC(O)CC(O)CCc1ccc(O)c(OCCCC)c1. The van der Waals surface area contributed by atoms with E-state index in [-0.39, 0.29) is 5.75 Å². The quantitative estimate of drug-likeness (QED) is 0.294. The zero-order valence-corrected chi connectivity index (χ0v) is 18.0. The van der Waals surface area contributed by atoms with Crippen molar-refractivity contribution in [2.45, 2.75) is 110 Å². The summed E-state index contributed by atoms with van der Waals surface area (Å²) in [7, 11) is 0. The minimum absolute atomic E-state index is 0.158. The smallest absolute Gasteiger partial charge is 0.161 e. The van der Waals surface area contributed by atoms with Gasteiger partial charge in [-0.15, -0.1) is 0 Å². The summed E-state index contributed by atoms with van der Waals surface area (Å²) in [6.45, 7) is 4.92.